The van der Waals surface area contributed by atoms with Crippen LogP contribution in [0, 0.1) is 16.0 Å². The van der Waals surface area contributed by atoms with E-state index in [1.54, 1.807) is 11.8 Å². The monoisotopic (exact) mass is 392 g/mol. The molecule has 2 fully saturated rings. The van der Waals surface area contributed by atoms with Gasteiger partial charge in [0.05, 0.1) is 29.4 Å². The second kappa shape index (κ2) is 7.14. The van der Waals surface area contributed by atoms with Crippen LogP contribution >= 0.6 is 0 Å². The number of fused-ring (bicyclic) bond motifs is 1. The largest absolute Gasteiger partial charge is 0.356 e. The average molecular weight is 392 g/mol. The number of nitro benzene ring substituents is 1. The zero-order valence-electron chi connectivity index (χ0n) is 16.3. The van der Waals surface area contributed by atoms with E-state index < -0.39 is 34.2 Å². The van der Waals surface area contributed by atoms with E-state index in [1.165, 1.54) is 24.3 Å². The fraction of sp³-hybridized carbons (Fsp3) is 0.579. The third-order valence-corrected chi connectivity index (χ3v) is 5.53. The minimum absolute atomic E-state index is 0.0531. The Kier molecular flexibility index (Phi) is 5.16. The highest BCUT2D eigenvalue weighted by Gasteiger charge is 2.65. The summed E-state index contributed by atoms with van der Waals surface area (Å²) in [5, 5.41) is 10.7. The molecule has 2 unspecified atom stereocenters. The summed E-state index contributed by atoms with van der Waals surface area (Å²) in [5.41, 5.74) is -0.575. The lowest BCUT2D eigenvalue weighted by atomic mass is 9.67. The van der Waals surface area contributed by atoms with E-state index in [1.807, 2.05) is 20.8 Å². The Morgan fingerprint density at radius 2 is 2.00 bits per heavy atom. The predicted octanol–water partition coefficient (Wildman–Crippen LogP) is 2.37. The van der Waals surface area contributed by atoms with E-state index in [4.69, 9.17) is 14.5 Å². The van der Waals surface area contributed by atoms with Crippen LogP contribution < -0.4 is 0 Å². The quantitative estimate of drug-likeness (QED) is 0.316. The lowest BCUT2D eigenvalue weighted by molar-refractivity contribution is -0.384. The Bertz CT molecular complexity index is 792. The molecule has 1 aromatic rings. The molecule has 3 atom stereocenters. The lowest BCUT2D eigenvalue weighted by Crippen LogP contribution is -2.79. The van der Waals surface area contributed by atoms with Gasteiger partial charge in [-0.1, -0.05) is 12.1 Å². The Morgan fingerprint density at radius 3 is 2.61 bits per heavy atom. The molecule has 9 heteroatoms. The van der Waals surface area contributed by atoms with Gasteiger partial charge in [0, 0.05) is 12.1 Å². The highest BCUT2D eigenvalue weighted by Crippen LogP contribution is 2.50. The van der Waals surface area contributed by atoms with E-state index in [2.05, 4.69) is 0 Å². The number of amides is 1. The van der Waals surface area contributed by atoms with Crippen LogP contribution in [-0.4, -0.2) is 45.7 Å². The molecule has 152 valence electrons. The number of benzene rings is 1. The molecule has 0 saturated carbocycles. The molecular weight excluding hydrogens is 368 g/mol. The molecule has 2 heterocycles. The molecule has 0 spiro atoms. The van der Waals surface area contributed by atoms with Crippen molar-refractivity contribution in [1.82, 2.24) is 4.90 Å². The van der Waals surface area contributed by atoms with Crippen LogP contribution in [0.2, 0.25) is 0 Å². The third kappa shape index (κ3) is 3.47. The minimum Gasteiger partial charge on any atom is -0.356 e. The topological polar surface area (TPSA) is 108 Å². The van der Waals surface area contributed by atoms with Crippen LogP contribution in [0.5, 0.6) is 0 Å². The number of carbonyl (C=O) groups excluding carboxylic acids is 2. The van der Waals surface area contributed by atoms with Gasteiger partial charge in [-0.3, -0.25) is 19.8 Å². The molecule has 0 N–H and O–H groups in total. The summed E-state index contributed by atoms with van der Waals surface area (Å²) in [6, 6.07) is 5.62. The fourth-order valence-corrected chi connectivity index (χ4v) is 4.27. The summed E-state index contributed by atoms with van der Waals surface area (Å²) in [6.07, 6.45) is -0.0197. The first-order valence-corrected chi connectivity index (χ1v) is 9.14. The maximum absolute atomic E-state index is 12.7. The highest BCUT2D eigenvalue weighted by atomic mass is 17.2. The van der Waals surface area contributed by atoms with Crippen molar-refractivity contribution in [3.8, 4) is 0 Å². The van der Waals surface area contributed by atoms with E-state index >= 15 is 0 Å². The summed E-state index contributed by atoms with van der Waals surface area (Å²) in [5.74, 6) is -1.16. The SMILES string of the molecule is CC(OOC(=O)Cc1ccc([N+](=O)[O-])cc1)[C@@H]1C(=O)N2C(C)(C)OCCC12C. The van der Waals surface area contributed by atoms with Gasteiger partial charge in [0.1, 0.15) is 11.8 Å². The van der Waals surface area contributed by atoms with Crippen molar-refractivity contribution < 1.29 is 29.0 Å². The van der Waals surface area contributed by atoms with Crippen molar-refractivity contribution in [3.05, 3.63) is 39.9 Å². The molecule has 0 bridgehead atoms. The number of nitrogens with zero attached hydrogens (tertiary/aromatic N) is 2. The van der Waals surface area contributed by atoms with Crippen LogP contribution in [0.1, 0.15) is 39.7 Å². The van der Waals surface area contributed by atoms with Crippen LogP contribution in [0.3, 0.4) is 0 Å². The first kappa shape index (κ1) is 20.2. The van der Waals surface area contributed by atoms with Crippen LogP contribution in [0.15, 0.2) is 24.3 Å². The Hall–Kier alpha value is -2.52. The van der Waals surface area contributed by atoms with E-state index in [0.29, 0.717) is 18.6 Å². The normalized spacial score (nSPS) is 26.8. The second-order valence-corrected chi connectivity index (χ2v) is 7.91. The average Bonchev–Trinajstić information content (AvgIpc) is 2.59. The summed E-state index contributed by atoms with van der Waals surface area (Å²) >= 11 is 0. The van der Waals surface area contributed by atoms with Gasteiger partial charge in [-0.15, -0.1) is 0 Å². The van der Waals surface area contributed by atoms with Gasteiger partial charge in [-0.05, 0) is 39.7 Å². The number of β-lactam (4-membered cyclic amide) rings is 1. The van der Waals surface area contributed by atoms with Crippen molar-refractivity contribution in [2.75, 3.05) is 6.61 Å². The summed E-state index contributed by atoms with van der Waals surface area (Å²) in [6.45, 7) is 7.94. The Balaban J connectivity index is 1.55. The molecular formula is C19H24N2O7. The minimum atomic E-state index is -0.674. The van der Waals surface area contributed by atoms with Crippen molar-refractivity contribution in [2.45, 2.75) is 57.9 Å². The van der Waals surface area contributed by atoms with Gasteiger partial charge in [0.25, 0.3) is 5.69 Å². The number of hydrogen-bond acceptors (Lipinski definition) is 7. The van der Waals surface area contributed by atoms with Crippen LogP contribution in [0.25, 0.3) is 0 Å². The summed E-state index contributed by atoms with van der Waals surface area (Å²) < 4.78 is 5.69. The second-order valence-electron chi connectivity index (χ2n) is 7.91. The molecule has 0 aromatic heterocycles. The van der Waals surface area contributed by atoms with Gasteiger partial charge in [0.15, 0.2) is 0 Å². The van der Waals surface area contributed by atoms with Gasteiger partial charge < -0.3 is 9.64 Å². The van der Waals surface area contributed by atoms with Gasteiger partial charge in [-0.25, -0.2) is 4.79 Å². The first-order chi connectivity index (χ1) is 13.1. The van der Waals surface area contributed by atoms with Gasteiger partial charge >= 0.3 is 5.97 Å². The molecule has 1 amide bonds. The zero-order chi connectivity index (χ0) is 20.7. The molecule has 2 saturated heterocycles. The van der Waals surface area contributed by atoms with Gasteiger partial charge in [0.2, 0.25) is 5.91 Å². The van der Waals surface area contributed by atoms with E-state index in [9.17, 15) is 19.7 Å². The molecule has 9 nitrogen and oxygen atoms in total. The van der Waals surface area contributed by atoms with E-state index in [0.717, 1.165) is 0 Å². The molecule has 0 radical (unpaired) electrons. The smallest absolute Gasteiger partial charge is 0.346 e. The Morgan fingerprint density at radius 1 is 1.36 bits per heavy atom. The number of non-ortho nitro benzene ring substituents is 1. The number of rotatable bonds is 6. The van der Waals surface area contributed by atoms with E-state index in [-0.39, 0.29) is 18.0 Å². The van der Waals surface area contributed by atoms with Gasteiger partial charge in [-0.2, -0.15) is 4.89 Å². The van der Waals surface area contributed by atoms with Crippen molar-refractivity contribution >= 4 is 17.6 Å². The summed E-state index contributed by atoms with van der Waals surface area (Å²) in [4.78, 5) is 46.7. The highest BCUT2D eigenvalue weighted by molar-refractivity contribution is 5.89. The molecule has 2 aliphatic rings. The molecule has 28 heavy (non-hydrogen) atoms. The maximum atomic E-state index is 12.7. The third-order valence-electron chi connectivity index (χ3n) is 5.53. The Labute approximate surface area is 162 Å². The molecule has 1 aromatic carbocycles. The van der Waals surface area contributed by atoms with Crippen molar-refractivity contribution in [1.29, 1.82) is 0 Å². The molecule has 0 aliphatic carbocycles. The number of carbonyl (C=O) groups is 2. The van der Waals surface area contributed by atoms with Crippen LogP contribution in [-0.2, 0) is 30.5 Å². The number of hydrogen-bond donors (Lipinski definition) is 0. The predicted molar refractivity (Wildman–Crippen MR) is 96.8 cm³/mol. The summed E-state index contributed by atoms with van der Waals surface area (Å²) in [7, 11) is 0. The zero-order valence-corrected chi connectivity index (χ0v) is 16.3. The number of nitro groups is 1. The fourth-order valence-electron chi connectivity index (χ4n) is 4.27. The molecule has 2 aliphatic heterocycles. The van der Waals surface area contributed by atoms with Crippen LogP contribution in [0.4, 0.5) is 5.69 Å². The van der Waals surface area contributed by atoms with Crippen molar-refractivity contribution in [2.24, 2.45) is 5.92 Å². The first-order valence-electron chi connectivity index (χ1n) is 9.14. The maximum Gasteiger partial charge on any atom is 0.346 e. The van der Waals surface area contributed by atoms with Crippen molar-refractivity contribution in [3.63, 3.8) is 0 Å². The lowest BCUT2D eigenvalue weighted by Gasteiger charge is -2.64. The molecule has 3 rings (SSSR count). The number of ether oxygens (including phenoxy) is 1. The standard InChI is InChI=1S/C19H24N2O7/c1-12(16-17(23)20-18(2,3)26-10-9-19(16,20)4)27-28-15(22)11-13-5-7-14(8-6-13)21(24)25/h5-8,12,16H,9-11H2,1-4H3/t12?,16-,19?/m1/s1.